The first kappa shape index (κ1) is 24.7. The Labute approximate surface area is 214 Å². The molecule has 1 aromatic carbocycles. The van der Waals surface area contributed by atoms with Gasteiger partial charge in [-0.2, -0.15) is 0 Å². The number of aliphatic hydroxyl groups excluding tert-OH is 1. The Morgan fingerprint density at radius 3 is 2.72 bits per heavy atom. The fraction of sp³-hybridized carbons (Fsp3) is 0.423. The van der Waals surface area contributed by atoms with Crippen LogP contribution in [0.1, 0.15) is 28.4 Å². The number of H-pyrrole nitrogens is 1. The molecule has 2 saturated heterocycles. The fourth-order valence-corrected chi connectivity index (χ4v) is 5.06. The maximum absolute atomic E-state index is 12.6. The van der Waals surface area contributed by atoms with Gasteiger partial charge in [0.25, 0.3) is 11.5 Å². The number of piperazine rings is 1. The van der Waals surface area contributed by atoms with E-state index in [0.29, 0.717) is 23.6 Å². The van der Waals surface area contributed by atoms with Crippen molar-refractivity contribution in [3.8, 4) is 0 Å². The van der Waals surface area contributed by atoms with Crippen molar-refractivity contribution < 1.29 is 14.6 Å². The van der Waals surface area contributed by atoms with Crippen LogP contribution in [0.4, 0.5) is 5.69 Å². The van der Waals surface area contributed by atoms with Gasteiger partial charge in [-0.05, 0) is 42.3 Å². The van der Waals surface area contributed by atoms with Gasteiger partial charge in [0, 0.05) is 50.0 Å². The molecule has 0 unspecified atom stereocenters. The number of pyridine rings is 2. The standard InChI is InChI=1S/C26H30ClN5O4/c1-2-17-11-20-21(29-25(17)34)9-16(12-28-20)13-31-5-7-32(8-6-31)23-4-3-18(10-19(23)27)26(35)30-22-14-36-15-24(22)33/h3-4,9-12,22,24,33H,2,5-8,13-15H2,1H3,(H,29,34)(H,30,35)/t22-,24-/m0/s1. The molecule has 3 N–H and O–H groups in total. The van der Waals surface area contributed by atoms with Gasteiger partial charge in [-0.1, -0.05) is 18.5 Å². The van der Waals surface area contributed by atoms with E-state index in [9.17, 15) is 14.7 Å². The summed E-state index contributed by atoms with van der Waals surface area (Å²) in [5.41, 5.74) is 4.67. The molecule has 9 nitrogen and oxygen atoms in total. The molecule has 2 aliphatic heterocycles. The van der Waals surface area contributed by atoms with Crippen LogP contribution >= 0.6 is 11.6 Å². The van der Waals surface area contributed by atoms with Crippen LogP contribution in [-0.2, 0) is 17.7 Å². The highest BCUT2D eigenvalue weighted by Crippen LogP contribution is 2.28. The Bertz CT molecular complexity index is 1320. The molecule has 0 bridgehead atoms. The first-order valence-corrected chi connectivity index (χ1v) is 12.6. The number of nitrogens with one attached hydrogen (secondary N) is 2. The van der Waals surface area contributed by atoms with E-state index in [2.05, 4.69) is 25.1 Å². The summed E-state index contributed by atoms with van der Waals surface area (Å²) in [4.78, 5) is 36.8. The number of hydrogen-bond acceptors (Lipinski definition) is 7. The Morgan fingerprint density at radius 2 is 2.03 bits per heavy atom. The topological polar surface area (TPSA) is 111 Å². The third kappa shape index (κ3) is 5.24. The lowest BCUT2D eigenvalue weighted by atomic mass is 10.1. The van der Waals surface area contributed by atoms with Crippen molar-refractivity contribution in [1.82, 2.24) is 20.2 Å². The first-order valence-electron chi connectivity index (χ1n) is 12.3. The molecule has 0 aliphatic carbocycles. The van der Waals surface area contributed by atoms with Crippen molar-refractivity contribution in [2.24, 2.45) is 0 Å². The molecule has 0 saturated carbocycles. The van der Waals surface area contributed by atoms with Crippen molar-refractivity contribution in [3.63, 3.8) is 0 Å². The van der Waals surface area contributed by atoms with Gasteiger partial charge in [0.15, 0.2) is 0 Å². The summed E-state index contributed by atoms with van der Waals surface area (Å²) in [6.45, 7) is 6.54. The number of carbonyl (C=O) groups excluding carboxylic acids is 1. The SMILES string of the molecule is CCc1cc2ncc(CN3CCN(c4ccc(C(=O)N[C@H]5COC[C@@H]5O)cc4Cl)CC3)cc2[nH]c1=O. The van der Waals surface area contributed by atoms with Crippen LogP contribution in [0, 0.1) is 0 Å². The molecule has 190 valence electrons. The zero-order valence-electron chi connectivity index (χ0n) is 20.2. The summed E-state index contributed by atoms with van der Waals surface area (Å²) in [5.74, 6) is -0.279. The van der Waals surface area contributed by atoms with Gasteiger partial charge >= 0.3 is 0 Å². The van der Waals surface area contributed by atoms with Crippen molar-refractivity contribution >= 4 is 34.2 Å². The molecule has 1 amide bonds. The summed E-state index contributed by atoms with van der Waals surface area (Å²) in [6, 6.07) is 8.77. The van der Waals surface area contributed by atoms with Crippen molar-refractivity contribution in [1.29, 1.82) is 0 Å². The van der Waals surface area contributed by atoms with Crippen LogP contribution in [0.5, 0.6) is 0 Å². The molecule has 2 aliphatic rings. The lowest BCUT2D eigenvalue weighted by Gasteiger charge is -2.36. The van der Waals surface area contributed by atoms with Gasteiger partial charge in [0.05, 0.1) is 47.1 Å². The molecule has 4 heterocycles. The number of halogens is 1. The van der Waals surface area contributed by atoms with Gasteiger partial charge < -0.3 is 25.0 Å². The second kappa shape index (κ2) is 10.6. The Morgan fingerprint density at radius 1 is 1.22 bits per heavy atom. The van der Waals surface area contributed by atoms with Crippen LogP contribution in [0.2, 0.25) is 5.02 Å². The van der Waals surface area contributed by atoms with E-state index >= 15 is 0 Å². The van der Waals surface area contributed by atoms with Gasteiger partial charge in [-0.15, -0.1) is 0 Å². The largest absolute Gasteiger partial charge is 0.388 e. The van der Waals surface area contributed by atoms with E-state index in [1.807, 2.05) is 31.3 Å². The monoisotopic (exact) mass is 511 g/mol. The second-order valence-corrected chi connectivity index (χ2v) is 9.77. The number of rotatable bonds is 6. The van der Waals surface area contributed by atoms with Crippen LogP contribution in [-0.4, -0.2) is 77.4 Å². The van der Waals surface area contributed by atoms with E-state index in [1.54, 1.807) is 12.1 Å². The van der Waals surface area contributed by atoms with Crippen molar-refractivity contribution in [3.05, 3.63) is 68.6 Å². The highest BCUT2D eigenvalue weighted by molar-refractivity contribution is 6.33. The molecule has 2 aromatic heterocycles. The number of aryl methyl sites for hydroxylation is 1. The molecule has 10 heteroatoms. The molecular weight excluding hydrogens is 482 g/mol. The van der Waals surface area contributed by atoms with Crippen LogP contribution in [0.3, 0.4) is 0 Å². The number of benzene rings is 1. The highest BCUT2D eigenvalue weighted by Gasteiger charge is 2.28. The average Bonchev–Trinajstić information content (AvgIpc) is 3.28. The fourth-order valence-electron chi connectivity index (χ4n) is 4.76. The van der Waals surface area contributed by atoms with Gasteiger partial charge in [-0.25, -0.2) is 0 Å². The lowest BCUT2D eigenvalue weighted by molar-refractivity contribution is 0.0886. The van der Waals surface area contributed by atoms with E-state index in [1.165, 1.54) is 0 Å². The summed E-state index contributed by atoms with van der Waals surface area (Å²) in [6.07, 6.45) is 1.87. The number of amides is 1. The van der Waals surface area contributed by atoms with Crippen LogP contribution < -0.4 is 15.8 Å². The Kier molecular flexibility index (Phi) is 7.25. The predicted octanol–water partition coefficient (Wildman–Crippen LogP) is 1.95. The number of carbonyl (C=O) groups is 1. The molecule has 5 rings (SSSR count). The third-order valence-corrected chi connectivity index (χ3v) is 7.21. The summed E-state index contributed by atoms with van der Waals surface area (Å²) >= 11 is 6.56. The molecular formula is C26H30ClN5O4. The van der Waals surface area contributed by atoms with Crippen molar-refractivity contribution in [2.45, 2.75) is 32.0 Å². The number of aliphatic hydroxyl groups is 1. The highest BCUT2D eigenvalue weighted by atomic mass is 35.5. The Balaban J connectivity index is 1.19. The van der Waals surface area contributed by atoms with Gasteiger partial charge in [0.2, 0.25) is 0 Å². The lowest BCUT2D eigenvalue weighted by Crippen LogP contribution is -2.46. The molecule has 3 aromatic rings. The van der Waals surface area contributed by atoms with E-state index in [4.69, 9.17) is 16.3 Å². The molecule has 2 fully saturated rings. The second-order valence-electron chi connectivity index (χ2n) is 9.37. The zero-order valence-corrected chi connectivity index (χ0v) is 20.9. The molecule has 2 atom stereocenters. The number of hydrogen-bond donors (Lipinski definition) is 3. The summed E-state index contributed by atoms with van der Waals surface area (Å²) in [7, 11) is 0. The minimum Gasteiger partial charge on any atom is -0.388 e. The average molecular weight is 512 g/mol. The smallest absolute Gasteiger partial charge is 0.251 e. The maximum atomic E-state index is 12.6. The maximum Gasteiger partial charge on any atom is 0.251 e. The molecule has 36 heavy (non-hydrogen) atoms. The Hall–Kier alpha value is -2.98. The minimum atomic E-state index is -0.693. The van der Waals surface area contributed by atoms with Crippen molar-refractivity contribution in [2.75, 3.05) is 44.3 Å². The normalized spacial score (nSPS) is 20.7. The van der Waals surface area contributed by atoms with Gasteiger partial charge in [-0.3, -0.25) is 19.5 Å². The number of fused-ring (bicyclic) bond motifs is 1. The predicted molar refractivity (Wildman–Crippen MR) is 139 cm³/mol. The summed E-state index contributed by atoms with van der Waals surface area (Å²) in [5, 5.41) is 13.2. The minimum absolute atomic E-state index is 0.0527. The van der Waals surface area contributed by atoms with E-state index in [-0.39, 0.29) is 18.1 Å². The van der Waals surface area contributed by atoms with E-state index < -0.39 is 12.1 Å². The molecule has 0 spiro atoms. The number of nitrogens with zero attached hydrogens (tertiary/aromatic N) is 3. The number of aromatic amines is 1. The summed E-state index contributed by atoms with van der Waals surface area (Å²) < 4.78 is 5.19. The molecule has 0 radical (unpaired) electrons. The van der Waals surface area contributed by atoms with Crippen LogP contribution in [0.15, 0.2) is 41.3 Å². The third-order valence-electron chi connectivity index (χ3n) is 6.90. The number of anilines is 1. The quantitative estimate of drug-likeness (QED) is 0.464. The van der Waals surface area contributed by atoms with E-state index in [0.717, 1.165) is 60.6 Å². The number of ether oxygens (including phenoxy) is 1. The van der Waals surface area contributed by atoms with Crippen LogP contribution in [0.25, 0.3) is 11.0 Å². The zero-order chi connectivity index (χ0) is 25.2. The first-order chi connectivity index (χ1) is 17.4. The van der Waals surface area contributed by atoms with Gasteiger partial charge in [0.1, 0.15) is 0 Å². The number of aromatic nitrogens is 2.